The van der Waals surface area contributed by atoms with Crippen LogP contribution in [0, 0.1) is 13.8 Å². The van der Waals surface area contributed by atoms with E-state index in [0.29, 0.717) is 12.5 Å². The molecular weight excluding hydrogens is 350 g/mol. The number of oxazole rings is 1. The molecule has 3 aromatic rings. The molecule has 0 bridgehead atoms. The molecule has 0 saturated carbocycles. The number of halogens is 1. The Morgan fingerprint density at radius 2 is 2.14 bits per heavy atom. The lowest BCUT2D eigenvalue weighted by atomic mass is 10.2. The Hall–Kier alpha value is -1.33. The number of aryl methyl sites for hydroxylation is 2. The van der Waals surface area contributed by atoms with Gasteiger partial charge in [-0.15, -0.1) is 11.3 Å². The van der Waals surface area contributed by atoms with Gasteiger partial charge in [0.1, 0.15) is 11.5 Å². The summed E-state index contributed by atoms with van der Waals surface area (Å²) in [5, 5.41) is 4.15. The van der Waals surface area contributed by atoms with Crippen molar-refractivity contribution in [3.63, 3.8) is 0 Å². The molecule has 1 aromatic carbocycles. The third-order valence-electron chi connectivity index (χ3n) is 3.40. The summed E-state index contributed by atoms with van der Waals surface area (Å²) in [5.74, 6) is 2.53. The number of alkyl halides is 1. The van der Waals surface area contributed by atoms with E-state index >= 15 is 0 Å². The van der Waals surface area contributed by atoms with Crippen LogP contribution in [-0.2, 0) is 11.8 Å². The van der Waals surface area contributed by atoms with E-state index in [-0.39, 0.29) is 0 Å². The zero-order valence-corrected chi connectivity index (χ0v) is 14.4. The normalized spacial score (nSPS) is 11.2. The molecule has 0 N–H and O–H groups in total. The second-order valence-electron chi connectivity index (χ2n) is 4.85. The van der Waals surface area contributed by atoms with Gasteiger partial charge in [0.05, 0.1) is 12.3 Å². The Morgan fingerprint density at radius 3 is 2.86 bits per heavy atom. The Bertz CT molecular complexity index is 763. The van der Waals surface area contributed by atoms with Gasteiger partial charge in [0.15, 0.2) is 5.89 Å². The fourth-order valence-electron chi connectivity index (χ4n) is 2.39. The van der Waals surface area contributed by atoms with E-state index in [4.69, 9.17) is 9.15 Å². The van der Waals surface area contributed by atoms with Crippen molar-refractivity contribution < 1.29 is 9.15 Å². The van der Waals surface area contributed by atoms with Crippen molar-refractivity contribution in [2.45, 2.75) is 25.6 Å². The molecule has 0 fully saturated rings. The first-order chi connectivity index (χ1) is 10.2. The van der Waals surface area contributed by atoms with E-state index in [1.54, 1.807) is 11.3 Å². The molecule has 0 amide bonds. The van der Waals surface area contributed by atoms with Gasteiger partial charge < -0.3 is 9.15 Å². The first-order valence-corrected chi connectivity index (χ1v) is 8.80. The second-order valence-corrected chi connectivity index (χ2v) is 6.33. The van der Waals surface area contributed by atoms with Gasteiger partial charge >= 0.3 is 0 Å². The predicted octanol–water partition coefficient (Wildman–Crippen LogP) is 5.02. The van der Waals surface area contributed by atoms with E-state index in [1.165, 1.54) is 15.6 Å². The average molecular weight is 366 g/mol. The molecule has 110 valence electrons. The fraction of sp³-hybridized carbons (Fsp3) is 0.312. The van der Waals surface area contributed by atoms with Crippen LogP contribution in [0.3, 0.4) is 0 Å². The van der Waals surface area contributed by atoms with Gasteiger partial charge in [0.2, 0.25) is 0 Å². The van der Waals surface area contributed by atoms with E-state index in [0.717, 1.165) is 29.0 Å². The summed E-state index contributed by atoms with van der Waals surface area (Å²) in [6.07, 6.45) is 0.759. The highest BCUT2D eigenvalue weighted by molar-refractivity contribution is 9.08. The Balaban J connectivity index is 1.74. The van der Waals surface area contributed by atoms with Gasteiger partial charge in [0, 0.05) is 28.8 Å². The van der Waals surface area contributed by atoms with Crippen LogP contribution in [0.2, 0.25) is 0 Å². The first kappa shape index (κ1) is 14.6. The zero-order valence-electron chi connectivity index (χ0n) is 12.0. The molecule has 0 aliphatic rings. The molecule has 2 heterocycles. The molecule has 2 aromatic heterocycles. The molecule has 3 rings (SSSR count). The molecule has 0 aliphatic carbocycles. The third kappa shape index (κ3) is 2.99. The fourth-order valence-corrected chi connectivity index (χ4v) is 3.97. The molecule has 21 heavy (non-hydrogen) atoms. The second kappa shape index (κ2) is 6.20. The maximum atomic E-state index is 5.95. The van der Waals surface area contributed by atoms with Crippen LogP contribution < -0.4 is 4.74 Å². The topological polar surface area (TPSA) is 35.3 Å². The summed E-state index contributed by atoms with van der Waals surface area (Å²) < 4.78 is 12.7. The summed E-state index contributed by atoms with van der Waals surface area (Å²) >= 11 is 5.28. The smallest absolute Gasteiger partial charge is 0.191 e. The summed E-state index contributed by atoms with van der Waals surface area (Å²) in [6.45, 7) is 4.41. The summed E-state index contributed by atoms with van der Waals surface area (Å²) in [6, 6.07) is 6.29. The number of thiophene rings is 1. The highest BCUT2D eigenvalue weighted by Gasteiger charge is 2.10. The van der Waals surface area contributed by atoms with Crippen LogP contribution in [0.15, 0.2) is 28.0 Å². The summed E-state index contributed by atoms with van der Waals surface area (Å²) in [5.41, 5.74) is 2.28. The van der Waals surface area contributed by atoms with Crippen LogP contribution in [-0.4, -0.2) is 11.6 Å². The molecule has 0 saturated heterocycles. The van der Waals surface area contributed by atoms with Crippen LogP contribution in [0.1, 0.15) is 22.9 Å². The van der Waals surface area contributed by atoms with Crippen molar-refractivity contribution in [1.29, 1.82) is 0 Å². The van der Waals surface area contributed by atoms with Gasteiger partial charge in [-0.3, -0.25) is 0 Å². The van der Waals surface area contributed by atoms with Crippen LogP contribution in [0.5, 0.6) is 5.75 Å². The molecule has 0 aliphatic heterocycles. The van der Waals surface area contributed by atoms with Gasteiger partial charge in [-0.1, -0.05) is 22.0 Å². The minimum absolute atomic E-state index is 0.603. The lowest BCUT2D eigenvalue weighted by molar-refractivity contribution is 0.323. The van der Waals surface area contributed by atoms with Crippen molar-refractivity contribution >= 4 is 37.4 Å². The Labute approximate surface area is 136 Å². The predicted molar refractivity (Wildman–Crippen MR) is 89.6 cm³/mol. The summed E-state index contributed by atoms with van der Waals surface area (Å²) in [7, 11) is 0. The highest BCUT2D eigenvalue weighted by atomic mass is 79.9. The SMILES string of the molecule is Cc1nc(CCOc2ccc(CBr)c3sccc23)c(C)o1. The number of rotatable bonds is 5. The van der Waals surface area contributed by atoms with Crippen molar-refractivity contribution in [3.8, 4) is 5.75 Å². The van der Waals surface area contributed by atoms with Crippen molar-refractivity contribution in [2.75, 3.05) is 6.61 Å². The molecule has 3 nitrogen and oxygen atoms in total. The maximum Gasteiger partial charge on any atom is 0.191 e. The summed E-state index contributed by atoms with van der Waals surface area (Å²) in [4.78, 5) is 4.37. The Kier molecular flexibility index (Phi) is 4.31. The minimum Gasteiger partial charge on any atom is -0.493 e. The number of fused-ring (bicyclic) bond motifs is 1. The molecule has 0 spiro atoms. The van der Waals surface area contributed by atoms with E-state index in [2.05, 4.69) is 38.4 Å². The van der Waals surface area contributed by atoms with Crippen LogP contribution in [0.25, 0.3) is 10.1 Å². The number of benzene rings is 1. The van der Waals surface area contributed by atoms with Gasteiger partial charge in [-0.25, -0.2) is 4.98 Å². The highest BCUT2D eigenvalue weighted by Crippen LogP contribution is 2.33. The van der Waals surface area contributed by atoms with Crippen molar-refractivity contribution in [2.24, 2.45) is 0 Å². The lowest BCUT2D eigenvalue weighted by Gasteiger charge is -2.08. The van der Waals surface area contributed by atoms with E-state index in [9.17, 15) is 0 Å². The number of ether oxygens (including phenoxy) is 1. The van der Waals surface area contributed by atoms with E-state index in [1.807, 2.05) is 19.9 Å². The minimum atomic E-state index is 0.603. The molecule has 5 heteroatoms. The van der Waals surface area contributed by atoms with E-state index < -0.39 is 0 Å². The van der Waals surface area contributed by atoms with Crippen molar-refractivity contribution in [1.82, 2.24) is 4.98 Å². The molecule has 0 atom stereocenters. The van der Waals surface area contributed by atoms with Gasteiger partial charge in [-0.05, 0) is 30.0 Å². The van der Waals surface area contributed by atoms with Gasteiger partial charge in [0.25, 0.3) is 0 Å². The number of aromatic nitrogens is 1. The quantitative estimate of drug-likeness (QED) is 0.595. The number of nitrogens with zero attached hydrogens (tertiary/aromatic N) is 1. The number of hydrogen-bond acceptors (Lipinski definition) is 4. The van der Waals surface area contributed by atoms with Crippen LogP contribution >= 0.6 is 27.3 Å². The van der Waals surface area contributed by atoms with Crippen LogP contribution in [0.4, 0.5) is 0 Å². The first-order valence-electron chi connectivity index (χ1n) is 6.80. The lowest BCUT2D eigenvalue weighted by Crippen LogP contribution is -2.03. The zero-order chi connectivity index (χ0) is 14.8. The van der Waals surface area contributed by atoms with Crippen molar-refractivity contribution in [3.05, 3.63) is 46.5 Å². The largest absolute Gasteiger partial charge is 0.493 e. The Morgan fingerprint density at radius 1 is 1.29 bits per heavy atom. The monoisotopic (exact) mass is 365 g/mol. The number of hydrogen-bond donors (Lipinski definition) is 0. The third-order valence-corrected chi connectivity index (χ3v) is 4.99. The maximum absolute atomic E-state index is 5.95. The average Bonchev–Trinajstić information content (AvgIpc) is 3.06. The van der Waals surface area contributed by atoms with Gasteiger partial charge in [-0.2, -0.15) is 0 Å². The molecule has 0 radical (unpaired) electrons. The standard InChI is InChI=1S/C16H16BrNO2S/c1-10-14(18-11(2)20-10)5-7-19-15-4-3-12(9-17)16-13(15)6-8-21-16/h3-4,6,8H,5,7,9H2,1-2H3. The molecular formula is C16H16BrNO2S. The molecule has 0 unspecified atom stereocenters.